The minimum atomic E-state index is 0.0384. The maximum Gasteiger partial charge on any atom is 0.226 e. The van der Waals surface area contributed by atoms with Crippen LogP contribution in [-0.4, -0.2) is 30.7 Å². The Morgan fingerprint density at radius 1 is 1.14 bits per heavy atom. The molecule has 0 aliphatic carbocycles. The van der Waals surface area contributed by atoms with Crippen LogP contribution in [0.2, 0.25) is 0 Å². The third-order valence-electron chi connectivity index (χ3n) is 1.67. The first-order valence-corrected chi connectivity index (χ1v) is 6.69. The van der Waals surface area contributed by atoms with E-state index >= 15 is 0 Å². The predicted octanol–water partition coefficient (Wildman–Crippen LogP) is 3.96. The van der Waals surface area contributed by atoms with Gasteiger partial charge in [-0.2, -0.15) is 0 Å². The van der Waals surface area contributed by atoms with E-state index < -0.39 is 0 Å². The maximum absolute atomic E-state index is 11.6. The fourth-order valence-electron chi connectivity index (χ4n) is 1.01. The SMILES string of the molecule is C=O.CC.[CH2]C.[CH]=C=C/C=C\CC(=O)N(CC=C)CC=C. The summed E-state index contributed by atoms with van der Waals surface area (Å²) >= 11 is 0. The van der Waals surface area contributed by atoms with Crippen LogP contribution < -0.4 is 0 Å². The molecule has 0 unspecified atom stereocenters. The first-order valence-electron chi connectivity index (χ1n) is 6.69. The Kier molecular flexibility index (Phi) is 39.9. The molecule has 0 bridgehead atoms. The van der Waals surface area contributed by atoms with Crippen LogP contribution in [0.5, 0.6) is 0 Å². The van der Waals surface area contributed by atoms with Gasteiger partial charge in [0.2, 0.25) is 5.91 Å². The Morgan fingerprint density at radius 3 is 1.90 bits per heavy atom. The van der Waals surface area contributed by atoms with Crippen molar-refractivity contribution < 1.29 is 9.59 Å². The third-order valence-corrected chi connectivity index (χ3v) is 1.67. The summed E-state index contributed by atoms with van der Waals surface area (Å²) in [4.78, 5) is 21.3. The zero-order valence-electron chi connectivity index (χ0n) is 13.7. The van der Waals surface area contributed by atoms with Gasteiger partial charge in [-0.05, 0) is 12.7 Å². The lowest BCUT2D eigenvalue weighted by atomic mass is 10.3. The molecule has 0 spiro atoms. The smallest absolute Gasteiger partial charge is 0.226 e. The molecule has 0 rings (SSSR count). The van der Waals surface area contributed by atoms with Crippen molar-refractivity contribution in [2.45, 2.75) is 27.2 Å². The highest BCUT2D eigenvalue weighted by Crippen LogP contribution is 1.96. The Bertz CT molecular complexity index is 303. The molecule has 0 aliphatic rings. The van der Waals surface area contributed by atoms with Crippen LogP contribution in [0, 0.1) is 13.5 Å². The average molecular weight is 291 g/mol. The molecular weight excluding hydrogens is 262 g/mol. The summed E-state index contributed by atoms with van der Waals surface area (Å²) in [5.74, 6) is 0.0384. The van der Waals surface area contributed by atoms with Crippen molar-refractivity contribution in [1.29, 1.82) is 0 Å². The summed E-state index contributed by atoms with van der Waals surface area (Å²) in [6.45, 7) is 24.3. The molecule has 0 atom stereocenters. The first-order chi connectivity index (χ1) is 10.3. The van der Waals surface area contributed by atoms with Crippen molar-refractivity contribution in [3.8, 4) is 0 Å². The van der Waals surface area contributed by atoms with E-state index in [1.807, 2.05) is 20.6 Å². The monoisotopic (exact) mass is 291 g/mol. The van der Waals surface area contributed by atoms with E-state index in [0.29, 0.717) is 19.5 Å². The third kappa shape index (κ3) is 23.4. The molecule has 0 fully saturated rings. The fraction of sp³-hybridized carbons (Fsp3) is 0.333. The number of carbonyl (C=O) groups excluding carboxylic acids is 2. The van der Waals surface area contributed by atoms with Crippen molar-refractivity contribution in [3.05, 3.63) is 62.8 Å². The van der Waals surface area contributed by atoms with E-state index in [4.69, 9.17) is 11.4 Å². The van der Waals surface area contributed by atoms with Gasteiger partial charge in [-0.1, -0.05) is 52.0 Å². The zero-order valence-corrected chi connectivity index (χ0v) is 13.7. The zero-order chi connectivity index (χ0) is 17.5. The van der Waals surface area contributed by atoms with E-state index in [1.165, 1.54) is 0 Å². The van der Waals surface area contributed by atoms with Crippen LogP contribution in [0.1, 0.15) is 27.2 Å². The number of amides is 1. The summed E-state index contributed by atoms with van der Waals surface area (Å²) < 4.78 is 0. The van der Waals surface area contributed by atoms with Crippen molar-refractivity contribution in [2.75, 3.05) is 13.1 Å². The number of allylic oxidation sites excluding steroid dienone is 2. The van der Waals surface area contributed by atoms with Crippen LogP contribution in [0.25, 0.3) is 0 Å². The lowest BCUT2D eigenvalue weighted by Crippen LogP contribution is -2.30. The largest absolute Gasteiger partial charge is 0.335 e. The molecule has 0 saturated heterocycles. The highest BCUT2D eigenvalue weighted by Gasteiger charge is 2.07. The van der Waals surface area contributed by atoms with Crippen LogP contribution in [-0.2, 0) is 9.59 Å². The van der Waals surface area contributed by atoms with Gasteiger partial charge in [0, 0.05) is 19.5 Å². The molecule has 1 amide bonds. The second kappa shape index (κ2) is 30.7. The Morgan fingerprint density at radius 2 is 1.57 bits per heavy atom. The predicted molar refractivity (Wildman–Crippen MR) is 92.6 cm³/mol. The minimum Gasteiger partial charge on any atom is -0.335 e. The normalized spacial score (nSPS) is 7.43. The summed E-state index contributed by atoms with van der Waals surface area (Å²) in [5, 5.41) is 0. The summed E-state index contributed by atoms with van der Waals surface area (Å²) in [6.07, 6.45) is 8.72. The van der Waals surface area contributed by atoms with E-state index in [1.54, 1.807) is 42.2 Å². The van der Waals surface area contributed by atoms with Gasteiger partial charge in [0.15, 0.2) is 0 Å². The molecule has 0 aliphatic heterocycles. The molecule has 3 nitrogen and oxygen atoms in total. The second-order valence-electron chi connectivity index (χ2n) is 2.84. The van der Waals surface area contributed by atoms with E-state index in [-0.39, 0.29) is 5.91 Å². The molecule has 0 saturated carbocycles. The summed E-state index contributed by atoms with van der Waals surface area (Å²) in [5.41, 5.74) is 2.35. The van der Waals surface area contributed by atoms with Crippen LogP contribution in [0.4, 0.5) is 0 Å². The number of carbonyl (C=O) groups is 2. The van der Waals surface area contributed by atoms with E-state index in [2.05, 4.69) is 25.8 Å². The van der Waals surface area contributed by atoms with Crippen molar-refractivity contribution in [1.82, 2.24) is 4.90 Å². The van der Waals surface area contributed by atoms with Gasteiger partial charge in [-0.25, -0.2) is 0 Å². The molecule has 3 heteroatoms. The average Bonchev–Trinajstić information content (AvgIpc) is 2.57. The lowest BCUT2D eigenvalue weighted by Gasteiger charge is -2.18. The maximum atomic E-state index is 11.6. The number of hydrogen-bond donors (Lipinski definition) is 0. The van der Waals surface area contributed by atoms with Gasteiger partial charge in [-0.15, -0.1) is 18.9 Å². The quantitative estimate of drug-likeness (QED) is 0.404. The Hall–Kier alpha value is -2.12. The summed E-state index contributed by atoms with van der Waals surface area (Å²) in [6, 6.07) is 0. The fourth-order valence-corrected chi connectivity index (χ4v) is 1.01. The molecule has 0 heterocycles. The van der Waals surface area contributed by atoms with Gasteiger partial charge < -0.3 is 9.69 Å². The number of hydrogen-bond acceptors (Lipinski definition) is 2. The molecule has 2 radical (unpaired) electrons. The van der Waals surface area contributed by atoms with Crippen molar-refractivity contribution >= 4 is 12.7 Å². The lowest BCUT2D eigenvalue weighted by molar-refractivity contribution is -0.129. The van der Waals surface area contributed by atoms with Gasteiger partial charge >= 0.3 is 0 Å². The van der Waals surface area contributed by atoms with Gasteiger partial charge in [-0.3, -0.25) is 4.79 Å². The van der Waals surface area contributed by atoms with Crippen LogP contribution in [0.3, 0.4) is 0 Å². The Balaban J connectivity index is -0.000000212. The topological polar surface area (TPSA) is 37.4 Å². The standard InChI is InChI=1S/C13H16NO.C2H6.C2H5.CH2O/c1-4-7-8-9-10-13(15)14(11-5-2)12-6-3;3*1-2/h1,5-9H,2-3,10-12H2;1-2H3;1H2,2H3;1H2/b9-8-;;;. The van der Waals surface area contributed by atoms with Crippen molar-refractivity contribution in [2.24, 2.45) is 0 Å². The molecule has 118 valence electrons. The van der Waals surface area contributed by atoms with Crippen LogP contribution >= 0.6 is 0 Å². The number of rotatable bonds is 7. The van der Waals surface area contributed by atoms with Gasteiger partial charge in [0.1, 0.15) is 6.79 Å². The van der Waals surface area contributed by atoms with Gasteiger partial charge in [0.25, 0.3) is 0 Å². The molecule has 0 aromatic heterocycles. The van der Waals surface area contributed by atoms with Crippen molar-refractivity contribution in [3.63, 3.8) is 0 Å². The molecular formula is C18H29NO2. The van der Waals surface area contributed by atoms with Crippen LogP contribution in [0.15, 0.2) is 49.3 Å². The molecule has 0 aromatic rings. The molecule has 0 aromatic carbocycles. The highest BCUT2D eigenvalue weighted by molar-refractivity contribution is 5.78. The summed E-state index contributed by atoms with van der Waals surface area (Å²) in [7, 11) is 0. The first kappa shape index (κ1) is 27.3. The Labute approximate surface area is 131 Å². The molecule has 0 N–H and O–H groups in total. The van der Waals surface area contributed by atoms with Gasteiger partial charge in [0.05, 0.1) is 0 Å². The van der Waals surface area contributed by atoms with E-state index in [0.717, 1.165) is 0 Å². The highest BCUT2D eigenvalue weighted by atomic mass is 16.2. The van der Waals surface area contributed by atoms with E-state index in [9.17, 15) is 4.79 Å². The minimum absolute atomic E-state index is 0.0384. The number of nitrogens with zero attached hydrogens (tertiary/aromatic N) is 1. The molecule has 21 heavy (non-hydrogen) atoms. The second-order valence-corrected chi connectivity index (χ2v) is 2.84.